The fourth-order valence-electron chi connectivity index (χ4n) is 2.22. The molecule has 0 fully saturated rings. The lowest BCUT2D eigenvalue weighted by Gasteiger charge is -2.12. The summed E-state index contributed by atoms with van der Waals surface area (Å²) in [5.41, 5.74) is 0.624. The fraction of sp³-hybridized carbons (Fsp3) is 0.167. The third kappa shape index (κ3) is 6.31. The summed E-state index contributed by atoms with van der Waals surface area (Å²) in [5, 5.41) is 13.3. The van der Waals surface area contributed by atoms with Crippen LogP contribution in [0.5, 0.6) is 11.5 Å². The van der Waals surface area contributed by atoms with Gasteiger partial charge in [-0.3, -0.25) is 14.9 Å². The third-order valence-corrected chi connectivity index (χ3v) is 3.35. The Bertz CT molecular complexity index is 867. The highest BCUT2D eigenvalue weighted by atomic mass is 19.4. The molecule has 2 aromatic rings. The number of nitrogens with zero attached hydrogens (tertiary/aromatic N) is 1. The van der Waals surface area contributed by atoms with E-state index in [2.05, 4.69) is 16.6 Å². The molecule has 0 saturated heterocycles. The predicted octanol–water partition coefficient (Wildman–Crippen LogP) is 4.24. The molecular weight excluding hydrogens is 381 g/mol. The molecule has 0 aliphatic heterocycles. The monoisotopic (exact) mass is 396 g/mol. The van der Waals surface area contributed by atoms with Crippen molar-refractivity contribution < 1.29 is 32.4 Å². The van der Waals surface area contributed by atoms with Crippen molar-refractivity contribution in [1.29, 1.82) is 0 Å². The molecule has 0 aliphatic carbocycles. The average molecular weight is 396 g/mol. The first-order valence-electron chi connectivity index (χ1n) is 7.84. The van der Waals surface area contributed by atoms with Gasteiger partial charge in [-0.05, 0) is 36.8 Å². The van der Waals surface area contributed by atoms with Crippen LogP contribution < -0.4 is 14.8 Å². The number of non-ortho nitro benzene ring substituents is 1. The van der Waals surface area contributed by atoms with Crippen LogP contribution in [-0.4, -0.2) is 23.8 Å². The molecule has 10 heteroatoms. The maximum absolute atomic E-state index is 12.1. The molecule has 0 aliphatic rings. The zero-order valence-electron chi connectivity index (χ0n) is 14.4. The van der Waals surface area contributed by atoms with Gasteiger partial charge in [0.15, 0.2) is 6.61 Å². The van der Waals surface area contributed by atoms with Crippen LogP contribution >= 0.6 is 0 Å². The molecule has 0 aromatic heterocycles. The summed E-state index contributed by atoms with van der Waals surface area (Å²) in [6.45, 7) is 3.17. The van der Waals surface area contributed by atoms with E-state index in [0.717, 1.165) is 12.1 Å². The summed E-state index contributed by atoms with van der Waals surface area (Å²) in [4.78, 5) is 22.3. The molecule has 28 heavy (non-hydrogen) atoms. The molecule has 0 saturated carbocycles. The van der Waals surface area contributed by atoms with Gasteiger partial charge >= 0.3 is 6.36 Å². The van der Waals surface area contributed by atoms with E-state index < -0.39 is 29.5 Å². The number of hydrogen-bond donors (Lipinski definition) is 1. The zero-order valence-corrected chi connectivity index (χ0v) is 14.4. The van der Waals surface area contributed by atoms with Crippen molar-refractivity contribution >= 4 is 17.3 Å². The van der Waals surface area contributed by atoms with Gasteiger partial charge in [0.25, 0.3) is 11.6 Å². The minimum Gasteiger partial charge on any atom is -0.483 e. The van der Waals surface area contributed by atoms with Crippen LogP contribution in [0, 0.1) is 10.1 Å². The van der Waals surface area contributed by atoms with Crippen molar-refractivity contribution in [3.05, 3.63) is 70.8 Å². The Morgan fingerprint density at radius 2 is 1.89 bits per heavy atom. The third-order valence-electron chi connectivity index (χ3n) is 3.35. The highest BCUT2D eigenvalue weighted by Crippen LogP contribution is 2.26. The van der Waals surface area contributed by atoms with Gasteiger partial charge in [-0.25, -0.2) is 0 Å². The predicted molar refractivity (Wildman–Crippen MR) is 94.2 cm³/mol. The first-order chi connectivity index (χ1) is 13.2. The van der Waals surface area contributed by atoms with Crippen LogP contribution in [0.1, 0.15) is 5.56 Å². The Morgan fingerprint density at radius 3 is 2.46 bits per heavy atom. The van der Waals surface area contributed by atoms with Crippen molar-refractivity contribution in [2.24, 2.45) is 0 Å². The molecule has 2 aromatic carbocycles. The molecule has 0 unspecified atom stereocenters. The number of nitrogens with one attached hydrogen (secondary N) is 1. The van der Waals surface area contributed by atoms with Crippen LogP contribution in [-0.2, 0) is 11.2 Å². The van der Waals surface area contributed by atoms with E-state index in [1.165, 1.54) is 36.4 Å². The lowest BCUT2D eigenvalue weighted by Crippen LogP contribution is -2.20. The lowest BCUT2D eigenvalue weighted by molar-refractivity contribution is -0.384. The second kappa shape index (κ2) is 8.89. The van der Waals surface area contributed by atoms with Gasteiger partial charge in [-0.2, -0.15) is 0 Å². The van der Waals surface area contributed by atoms with E-state index >= 15 is 0 Å². The van der Waals surface area contributed by atoms with Crippen molar-refractivity contribution in [1.82, 2.24) is 0 Å². The molecular formula is C18H15F3N2O5. The van der Waals surface area contributed by atoms with Crippen molar-refractivity contribution in [3.63, 3.8) is 0 Å². The normalized spacial score (nSPS) is 10.8. The van der Waals surface area contributed by atoms with Gasteiger partial charge in [0.2, 0.25) is 0 Å². The average Bonchev–Trinajstić information content (AvgIpc) is 2.61. The second-order valence-corrected chi connectivity index (χ2v) is 5.45. The summed E-state index contributed by atoms with van der Waals surface area (Å²) in [7, 11) is 0. The van der Waals surface area contributed by atoms with Crippen LogP contribution in [0.15, 0.2) is 55.1 Å². The van der Waals surface area contributed by atoms with E-state index in [0.29, 0.717) is 12.0 Å². The Morgan fingerprint density at radius 1 is 1.21 bits per heavy atom. The molecule has 0 bridgehead atoms. The smallest absolute Gasteiger partial charge is 0.483 e. The number of nitro benzene ring substituents is 1. The van der Waals surface area contributed by atoms with Crippen LogP contribution in [0.4, 0.5) is 24.5 Å². The lowest BCUT2D eigenvalue weighted by atomic mass is 10.1. The summed E-state index contributed by atoms with van der Waals surface area (Å²) in [6, 6.07) is 8.56. The zero-order chi connectivity index (χ0) is 20.7. The first kappa shape index (κ1) is 20.7. The maximum Gasteiger partial charge on any atom is 0.573 e. The van der Waals surface area contributed by atoms with Crippen LogP contribution in [0.2, 0.25) is 0 Å². The number of carbonyl (C=O) groups excluding carboxylic acids is 1. The number of amides is 1. The van der Waals surface area contributed by atoms with Crippen molar-refractivity contribution in [2.45, 2.75) is 12.8 Å². The van der Waals surface area contributed by atoms with E-state index in [9.17, 15) is 28.1 Å². The van der Waals surface area contributed by atoms with E-state index in [-0.39, 0.29) is 17.1 Å². The highest BCUT2D eigenvalue weighted by molar-refractivity contribution is 5.91. The fourth-order valence-corrected chi connectivity index (χ4v) is 2.22. The van der Waals surface area contributed by atoms with Gasteiger partial charge in [0.1, 0.15) is 11.5 Å². The number of ether oxygens (including phenoxy) is 2. The Hall–Kier alpha value is -3.56. The number of rotatable bonds is 8. The molecule has 148 valence electrons. The number of anilines is 1. The Kier molecular flexibility index (Phi) is 6.59. The minimum atomic E-state index is -4.80. The molecule has 1 N–H and O–H groups in total. The molecule has 0 spiro atoms. The Labute approximate surface area is 157 Å². The summed E-state index contributed by atoms with van der Waals surface area (Å²) in [6.07, 6.45) is -2.96. The molecule has 2 rings (SSSR count). The van der Waals surface area contributed by atoms with Gasteiger partial charge in [0.05, 0.1) is 4.92 Å². The van der Waals surface area contributed by atoms with Crippen LogP contribution in [0.3, 0.4) is 0 Å². The van der Waals surface area contributed by atoms with Gasteiger partial charge in [-0.15, -0.1) is 19.8 Å². The maximum atomic E-state index is 12.1. The quantitative estimate of drug-likeness (QED) is 0.409. The number of carbonyl (C=O) groups is 1. The second-order valence-electron chi connectivity index (χ2n) is 5.45. The standard InChI is InChI=1S/C18H15F3N2O5/c1-2-3-12-10-14(23(25)26)6-9-16(12)27-11-17(24)22-13-4-7-15(8-5-13)28-18(19,20)21/h2,4-10H,1,3,11H2,(H,22,24). The van der Waals surface area contributed by atoms with Gasteiger partial charge in [-0.1, -0.05) is 6.08 Å². The minimum absolute atomic E-state index is 0.116. The summed E-state index contributed by atoms with van der Waals surface area (Å²) >= 11 is 0. The largest absolute Gasteiger partial charge is 0.573 e. The van der Waals surface area contributed by atoms with E-state index in [4.69, 9.17) is 4.74 Å². The first-order valence-corrected chi connectivity index (χ1v) is 7.84. The number of alkyl halides is 3. The number of allylic oxidation sites excluding steroid dienone is 1. The van der Waals surface area contributed by atoms with Crippen molar-refractivity contribution in [2.75, 3.05) is 11.9 Å². The number of halogens is 3. The molecule has 0 heterocycles. The SMILES string of the molecule is C=CCc1cc([N+](=O)[O-])ccc1OCC(=O)Nc1ccc(OC(F)(F)F)cc1. The van der Waals surface area contributed by atoms with Gasteiger partial charge < -0.3 is 14.8 Å². The number of benzene rings is 2. The summed E-state index contributed by atoms with van der Waals surface area (Å²) < 4.78 is 45.5. The Balaban J connectivity index is 1.97. The van der Waals surface area contributed by atoms with Crippen LogP contribution in [0.25, 0.3) is 0 Å². The summed E-state index contributed by atoms with van der Waals surface area (Å²) in [5.74, 6) is -0.691. The van der Waals surface area contributed by atoms with E-state index in [1.54, 1.807) is 0 Å². The van der Waals surface area contributed by atoms with Crippen molar-refractivity contribution in [3.8, 4) is 11.5 Å². The van der Waals surface area contributed by atoms with Gasteiger partial charge in [0, 0.05) is 23.4 Å². The molecule has 0 atom stereocenters. The number of hydrogen-bond acceptors (Lipinski definition) is 5. The number of nitro groups is 1. The molecule has 7 nitrogen and oxygen atoms in total. The highest BCUT2D eigenvalue weighted by Gasteiger charge is 2.30. The molecule has 0 radical (unpaired) electrons. The molecule has 1 amide bonds. The van der Waals surface area contributed by atoms with E-state index in [1.807, 2.05) is 0 Å². The topological polar surface area (TPSA) is 90.7 Å².